The number of benzene rings is 1. The summed E-state index contributed by atoms with van der Waals surface area (Å²) in [6, 6.07) is 8.60. The first-order valence-corrected chi connectivity index (χ1v) is 7.50. The molecule has 2 aromatic heterocycles. The number of nitrogens with zero attached hydrogens (tertiary/aromatic N) is 2. The van der Waals surface area contributed by atoms with E-state index in [4.69, 9.17) is 5.73 Å². The van der Waals surface area contributed by atoms with Gasteiger partial charge in [0.15, 0.2) is 0 Å². The third-order valence-electron chi connectivity index (χ3n) is 3.19. The molecule has 0 aliphatic heterocycles. The highest BCUT2D eigenvalue weighted by molar-refractivity contribution is 7.13. The van der Waals surface area contributed by atoms with Gasteiger partial charge < -0.3 is 5.73 Å². The van der Waals surface area contributed by atoms with Crippen molar-refractivity contribution < 1.29 is 0 Å². The molecule has 0 aliphatic carbocycles. The molecule has 0 radical (unpaired) electrons. The zero-order chi connectivity index (χ0) is 13.9. The summed E-state index contributed by atoms with van der Waals surface area (Å²) in [5.41, 5.74) is 10.2. The number of H-pyrrole nitrogens is 1. The van der Waals surface area contributed by atoms with Crippen molar-refractivity contribution in [3.8, 4) is 21.8 Å². The minimum atomic E-state index is 0.559. The molecular formula is C15H16N4S. The van der Waals surface area contributed by atoms with Crippen LogP contribution in [0.15, 0.2) is 35.8 Å². The zero-order valence-corrected chi connectivity index (χ0v) is 12.1. The van der Waals surface area contributed by atoms with Gasteiger partial charge in [0.25, 0.3) is 0 Å². The van der Waals surface area contributed by atoms with Crippen molar-refractivity contribution in [2.75, 3.05) is 5.73 Å². The average Bonchev–Trinajstić information content (AvgIpc) is 3.08. The van der Waals surface area contributed by atoms with Crippen LogP contribution in [-0.4, -0.2) is 15.2 Å². The molecule has 0 aliphatic rings. The molecule has 1 aromatic carbocycles. The van der Waals surface area contributed by atoms with E-state index in [1.807, 2.05) is 0 Å². The number of aromatic nitrogens is 3. The number of hydrogen-bond donors (Lipinski definition) is 2. The monoisotopic (exact) mass is 284 g/mol. The number of aromatic amines is 1. The molecule has 0 saturated heterocycles. The SMILES string of the molecule is CCCc1ccc(-c2csc(-c3cn[nH]c3N)n2)cc1. The number of anilines is 1. The third-order valence-corrected chi connectivity index (χ3v) is 4.07. The van der Waals surface area contributed by atoms with Crippen LogP contribution >= 0.6 is 11.3 Å². The predicted octanol–water partition coefficient (Wildman–Crippen LogP) is 3.73. The van der Waals surface area contributed by atoms with Crippen molar-refractivity contribution in [2.24, 2.45) is 0 Å². The summed E-state index contributed by atoms with van der Waals surface area (Å²) in [5, 5.41) is 9.61. The Hall–Kier alpha value is -2.14. The second-order valence-electron chi connectivity index (χ2n) is 4.68. The number of nitrogens with two attached hydrogens (primary N) is 1. The second kappa shape index (κ2) is 5.46. The maximum Gasteiger partial charge on any atom is 0.129 e. The first kappa shape index (κ1) is 12.9. The molecule has 0 bridgehead atoms. The molecule has 20 heavy (non-hydrogen) atoms. The fourth-order valence-electron chi connectivity index (χ4n) is 2.13. The highest BCUT2D eigenvalue weighted by atomic mass is 32.1. The lowest BCUT2D eigenvalue weighted by Crippen LogP contribution is -1.87. The topological polar surface area (TPSA) is 67.6 Å². The van der Waals surface area contributed by atoms with Gasteiger partial charge in [-0.15, -0.1) is 11.3 Å². The lowest BCUT2D eigenvalue weighted by Gasteiger charge is -2.00. The summed E-state index contributed by atoms with van der Waals surface area (Å²) in [6.45, 7) is 2.19. The van der Waals surface area contributed by atoms with Crippen LogP contribution in [0.25, 0.3) is 21.8 Å². The van der Waals surface area contributed by atoms with E-state index in [9.17, 15) is 0 Å². The van der Waals surface area contributed by atoms with E-state index in [-0.39, 0.29) is 0 Å². The molecule has 3 N–H and O–H groups in total. The number of nitrogens with one attached hydrogen (secondary N) is 1. The van der Waals surface area contributed by atoms with Crippen molar-refractivity contribution >= 4 is 17.2 Å². The summed E-state index contributed by atoms with van der Waals surface area (Å²) in [7, 11) is 0. The van der Waals surface area contributed by atoms with Gasteiger partial charge in [-0.3, -0.25) is 5.10 Å². The third kappa shape index (κ3) is 2.44. The number of hydrogen-bond acceptors (Lipinski definition) is 4. The fraction of sp³-hybridized carbons (Fsp3) is 0.200. The molecule has 0 spiro atoms. The Balaban J connectivity index is 1.88. The largest absolute Gasteiger partial charge is 0.383 e. The van der Waals surface area contributed by atoms with Crippen molar-refractivity contribution in [3.63, 3.8) is 0 Å². The van der Waals surface area contributed by atoms with Gasteiger partial charge in [-0.2, -0.15) is 5.10 Å². The van der Waals surface area contributed by atoms with Crippen LogP contribution in [0, 0.1) is 0 Å². The van der Waals surface area contributed by atoms with Gasteiger partial charge in [0, 0.05) is 10.9 Å². The summed E-state index contributed by atoms with van der Waals surface area (Å²) in [4.78, 5) is 4.64. The Morgan fingerprint density at radius 3 is 2.70 bits per heavy atom. The van der Waals surface area contributed by atoms with Gasteiger partial charge in [-0.05, 0) is 12.0 Å². The summed E-state index contributed by atoms with van der Waals surface area (Å²) in [6.07, 6.45) is 4.00. The number of thiazole rings is 1. The number of nitrogen functional groups attached to an aromatic ring is 1. The van der Waals surface area contributed by atoms with Gasteiger partial charge in [-0.25, -0.2) is 4.98 Å². The van der Waals surface area contributed by atoms with Gasteiger partial charge in [0.1, 0.15) is 10.8 Å². The Kier molecular flexibility index (Phi) is 3.52. The molecule has 0 amide bonds. The Bertz CT molecular complexity index is 697. The van der Waals surface area contributed by atoms with Crippen molar-refractivity contribution in [1.29, 1.82) is 0 Å². The van der Waals surface area contributed by atoms with Gasteiger partial charge >= 0.3 is 0 Å². The van der Waals surface area contributed by atoms with Crippen LogP contribution in [0.5, 0.6) is 0 Å². The van der Waals surface area contributed by atoms with Crippen molar-refractivity contribution in [3.05, 3.63) is 41.4 Å². The van der Waals surface area contributed by atoms with Gasteiger partial charge in [-0.1, -0.05) is 37.6 Å². The lowest BCUT2D eigenvalue weighted by molar-refractivity contribution is 0.922. The van der Waals surface area contributed by atoms with Crippen LogP contribution in [0.2, 0.25) is 0 Å². The maximum absolute atomic E-state index is 5.82. The standard InChI is InChI=1S/C15H16N4S/c1-2-3-10-4-6-11(7-5-10)13-9-20-15(18-13)12-8-17-19-14(12)16/h4-9H,2-3H2,1H3,(H3,16,17,19). The molecule has 0 saturated carbocycles. The molecule has 3 rings (SSSR count). The quantitative estimate of drug-likeness (QED) is 0.767. The fourth-order valence-corrected chi connectivity index (χ4v) is 2.98. The van der Waals surface area contributed by atoms with Gasteiger partial charge in [0.2, 0.25) is 0 Å². The number of aryl methyl sites for hydroxylation is 1. The minimum Gasteiger partial charge on any atom is -0.383 e. The van der Waals surface area contributed by atoms with E-state index in [0.717, 1.165) is 28.2 Å². The Morgan fingerprint density at radius 2 is 2.05 bits per heavy atom. The van der Waals surface area contributed by atoms with E-state index in [0.29, 0.717) is 5.82 Å². The average molecular weight is 284 g/mol. The predicted molar refractivity (Wildman–Crippen MR) is 83.5 cm³/mol. The molecule has 0 unspecified atom stereocenters. The van der Waals surface area contributed by atoms with Crippen molar-refractivity contribution in [2.45, 2.75) is 19.8 Å². The normalized spacial score (nSPS) is 10.8. The first-order chi connectivity index (χ1) is 9.78. The van der Waals surface area contributed by atoms with Crippen LogP contribution in [0.3, 0.4) is 0 Å². The molecule has 102 valence electrons. The Morgan fingerprint density at radius 1 is 1.25 bits per heavy atom. The highest BCUT2D eigenvalue weighted by Gasteiger charge is 2.10. The highest BCUT2D eigenvalue weighted by Crippen LogP contribution is 2.31. The second-order valence-corrected chi connectivity index (χ2v) is 5.54. The van der Waals surface area contributed by atoms with Crippen LogP contribution in [-0.2, 0) is 6.42 Å². The number of rotatable bonds is 4. The summed E-state index contributed by atoms with van der Waals surface area (Å²) >= 11 is 1.58. The maximum atomic E-state index is 5.82. The molecule has 5 heteroatoms. The van der Waals surface area contributed by atoms with Crippen molar-refractivity contribution in [1.82, 2.24) is 15.2 Å². The first-order valence-electron chi connectivity index (χ1n) is 6.62. The summed E-state index contributed by atoms with van der Waals surface area (Å²) < 4.78 is 0. The zero-order valence-electron chi connectivity index (χ0n) is 11.3. The molecule has 0 atom stereocenters. The van der Waals surface area contributed by atoms with Gasteiger partial charge in [0.05, 0.1) is 17.5 Å². The molecular weight excluding hydrogens is 268 g/mol. The lowest BCUT2D eigenvalue weighted by atomic mass is 10.1. The van der Waals surface area contributed by atoms with E-state index in [2.05, 4.69) is 51.8 Å². The van der Waals surface area contributed by atoms with Crippen LogP contribution < -0.4 is 5.73 Å². The molecule has 2 heterocycles. The molecule has 4 nitrogen and oxygen atoms in total. The molecule has 3 aromatic rings. The summed E-state index contributed by atoms with van der Waals surface area (Å²) in [5.74, 6) is 0.559. The smallest absolute Gasteiger partial charge is 0.129 e. The molecule has 0 fully saturated rings. The van der Waals surface area contributed by atoms with E-state index in [1.165, 1.54) is 12.0 Å². The van der Waals surface area contributed by atoms with Crippen LogP contribution in [0.1, 0.15) is 18.9 Å². The minimum absolute atomic E-state index is 0.559. The Labute approximate surface area is 121 Å². The van der Waals surface area contributed by atoms with E-state index in [1.54, 1.807) is 17.5 Å². The van der Waals surface area contributed by atoms with E-state index >= 15 is 0 Å². The van der Waals surface area contributed by atoms with Crippen LogP contribution in [0.4, 0.5) is 5.82 Å². The van der Waals surface area contributed by atoms with E-state index < -0.39 is 0 Å².